The zero-order chi connectivity index (χ0) is 22.4. The van der Waals surface area contributed by atoms with E-state index in [1.807, 2.05) is 0 Å². The van der Waals surface area contributed by atoms with Crippen LogP contribution in [0.4, 0.5) is 10.2 Å². The Bertz CT molecular complexity index is 1310. The SMILES string of the molecule is Nc1ncnc2c1ncn2C[C@H]1OC[C@@H](NC(=O)c2cc3cc(F)ccc3[nH]2)[C@H](O)[C@@H]1O. The average Bonchev–Trinajstić information content (AvgIpc) is 3.38. The zero-order valence-electron chi connectivity index (χ0n) is 16.6. The minimum Gasteiger partial charge on any atom is -0.388 e. The molecular weight excluding hydrogens is 421 g/mol. The van der Waals surface area contributed by atoms with Gasteiger partial charge in [0.25, 0.3) is 5.91 Å². The van der Waals surface area contributed by atoms with Crippen molar-refractivity contribution in [1.29, 1.82) is 0 Å². The summed E-state index contributed by atoms with van der Waals surface area (Å²) >= 11 is 0. The lowest BCUT2D eigenvalue weighted by molar-refractivity contribution is -0.152. The van der Waals surface area contributed by atoms with Crippen molar-refractivity contribution in [2.24, 2.45) is 0 Å². The molecule has 0 bridgehead atoms. The van der Waals surface area contributed by atoms with Crippen LogP contribution in [0.5, 0.6) is 0 Å². The van der Waals surface area contributed by atoms with Crippen molar-refractivity contribution in [3.63, 3.8) is 0 Å². The van der Waals surface area contributed by atoms with Gasteiger partial charge in [-0.3, -0.25) is 4.79 Å². The number of aromatic amines is 1. The molecule has 0 saturated carbocycles. The van der Waals surface area contributed by atoms with Gasteiger partial charge in [-0.1, -0.05) is 0 Å². The van der Waals surface area contributed by atoms with Crippen molar-refractivity contribution >= 4 is 33.8 Å². The zero-order valence-corrected chi connectivity index (χ0v) is 16.6. The first-order chi connectivity index (χ1) is 15.4. The molecule has 0 radical (unpaired) electrons. The smallest absolute Gasteiger partial charge is 0.268 e. The maximum Gasteiger partial charge on any atom is 0.268 e. The number of benzene rings is 1. The third-order valence-electron chi connectivity index (χ3n) is 5.58. The highest BCUT2D eigenvalue weighted by molar-refractivity contribution is 5.98. The molecule has 0 spiro atoms. The van der Waals surface area contributed by atoms with Gasteiger partial charge >= 0.3 is 0 Å². The van der Waals surface area contributed by atoms with Gasteiger partial charge in [0.15, 0.2) is 11.5 Å². The number of ether oxygens (including phenoxy) is 1. The Balaban J connectivity index is 1.27. The summed E-state index contributed by atoms with van der Waals surface area (Å²) in [5.41, 5.74) is 7.51. The number of anilines is 1. The standard InChI is InChI=1S/C20H20FN7O4/c21-10-1-2-11-9(3-10)4-12(26-11)20(31)27-13-6-32-14(17(30)16(13)29)5-28-8-25-15-18(22)23-7-24-19(15)28/h1-4,7-8,13-14,16-17,26,29-30H,5-6H2,(H,27,31)(H2,22,23,24)/t13-,14-,16+,17-/m1/s1. The Morgan fingerprint density at radius 2 is 2.12 bits per heavy atom. The van der Waals surface area contributed by atoms with Crippen LogP contribution in [-0.4, -0.2) is 71.6 Å². The van der Waals surface area contributed by atoms with E-state index in [0.717, 1.165) is 0 Å². The normalized spacial score (nSPS) is 23.6. The number of hydrogen-bond donors (Lipinski definition) is 5. The number of H-pyrrole nitrogens is 1. The van der Waals surface area contributed by atoms with Crippen LogP contribution in [0.2, 0.25) is 0 Å². The van der Waals surface area contributed by atoms with E-state index in [0.29, 0.717) is 22.1 Å². The van der Waals surface area contributed by atoms with E-state index in [1.165, 1.54) is 36.9 Å². The molecule has 4 aromatic rings. The van der Waals surface area contributed by atoms with E-state index in [-0.39, 0.29) is 24.7 Å². The number of aliphatic hydroxyl groups excluding tert-OH is 2. The van der Waals surface area contributed by atoms with E-state index in [9.17, 15) is 19.4 Å². The maximum absolute atomic E-state index is 13.4. The van der Waals surface area contributed by atoms with Crippen molar-refractivity contribution in [1.82, 2.24) is 29.8 Å². The number of carbonyl (C=O) groups excluding carboxylic acids is 1. The first kappa shape index (κ1) is 20.3. The molecule has 1 fully saturated rings. The van der Waals surface area contributed by atoms with Gasteiger partial charge in [0.2, 0.25) is 0 Å². The summed E-state index contributed by atoms with van der Waals surface area (Å²) in [5, 5.41) is 24.4. The Hall–Kier alpha value is -3.61. The molecule has 12 heteroatoms. The monoisotopic (exact) mass is 441 g/mol. The topological polar surface area (TPSA) is 164 Å². The lowest BCUT2D eigenvalue weighted by Crippen LogP contribution is -2.60. The number of amides is 1. The fourth-order valence-electron chi connectivity index (χ4n) is 3.87. The number of hydrogen-bond acceptors (Lipinski definition) is 8. The van der Waals surface area contributed by atoms with E-state index in [1.54, 1.807) is 4.57 Å². The summed E-state index contributed by atoms with van der Waals surface area (Å²) in [6.45, 7) is 0.146. The molecular formula is C20H20FN7O4. The predicted molar refractivity (Wildman–Crippen MR) is 111 cm³/mol. The number of carbonyl (C=O) groups is 1. The Morgan fingerprint density at radius 1 is 1.28 bits per heavy atom. The second-order valence-electron chi connectivity index (χ2n) is 7.68. The van der Waals surface area contributed by atoms with E-state index >= 15 is 0 Å². The second kappa shape index (κ2) is 7.82. The minimum atomic E-state index is -1.28. The summed E-state index contributed by atoms with van der Waals surface area (Å²) in [5.74, 6) is -0.678. The number of nitrogens with two attached hydrogens (primary N) is 1. The molecule has 1 saturated heterocycles. The van der Waals surface area contributed by atoms with Gasteiger partial charge in [0.05, 0.1) is 25.5 Å². The molecule has 4 atom stereocenters. The van der Waals surface area contributed by atoms with Crippen LogP contribution in [0.3, 0.4) is 0 Å². The Kier molecular flexibility index (Phi) is 4.96. The number of aromatic nitrogens is 5. The van der Waals surface area contributed by atoms with Crippen LogP contribution in [-0.2, 0) is 11.3 Å². The average molecular weight is 441 g/mol. The van der Waals surface area contributed by atoms with Gasteiger partial charge in [-0.15, -0.1) is 0 Å². The third kappa shape index (κ3) is 3.53. The van der Waals surface area contributed by atoms with E-state index in [2.05, 4.69) is 25.3 Å². The lowest BCUT2D eigenvalue weighted by atomic mass is 9.97. The highest BCUT2D eigenvalue weighted by atomic mass is 19.1. The quantitative estimate of drug-likeness (QED) is 0.294. The van der Waals surface area contributed by atoms with Crippen LogP contribution in [0.1, 0.15) is 10.5 Å². The van der Waals surface area contributed by atoms with Crippen molar-refractivity contribution < 1.29 is 24.1 Å². The highest BCUT2D eigenvalue weighted by Gasteiger charge is 2.39. The number of imidazole rings is 1. The summed E-state index contributed by atoms with van der Waals surface area (Å²) in [6, 6.07) is 4.82. The van der Waals surface area contributed by atoms with Crippen LogP contribution in [0.15, 0.2) is 36.9 Å². The fraction of sp³-hybridized carbons (Fsp3) is 0.300. The number of nitrogens with one attached hydrogen (secondary N) is 2. The molecule has 166 valence electrons. The fourth-order valence-corrected chi connectivity index (χ4v) is 3.87. The Labute approximate surface area is 180 Å². The summed E-state index contributed by atoms with van der Waals surface area (Å²) in [7, 11) is 0. The lowest BCUT2D eigenvalue weighted by Gasteiger charge is -2.38. The first-order valence-corrected chi connectivity index (χ1v) is 9.89. The molecule has 1 aromatic carbocycles. The van der Waals surface area contributed by atoms with Crippen molar-refractivity contribution in [3.05, 3.63) is 48.4 Å². The van der Waals surface area contributed by atoms with Crippen LogP contribution in [0, 0.1) is 5.82 Å². The summed E-state index contributed by atoms with van der Waals surface area (Å²) < 4.78 is 20.8. The van der Waals surface area contributed by atoms with E-state index < -0.39 is 36.1 Å². The second-order valence-corrected chi connectivity index (χ2v) is 7.68. The molecule has 1 aliphatic rings. The number of rotatable bonds is 4. The Morgan fingerprint density at radius 3 is 2.97 bits per heavy atom. The third-order valence-corrected chi connectivity index (χ3v) is 5.58. The van der Waals surface area contributed by atoms with Gasteiger partial charge in [0, 0.05) is 10.9 Å². The summed E-state index contributed by atoms with van der Waals surface area (Å²) in [6.07, 6.45) is -0.489. The van der Waals surface area contributed by atoms with Crippen molar-refractivity contribution in [2.75, 3.05) is 12.3 Å². The van der Waals surface area contributed by atoms with Crippen molar-refractivity contribution in [2.45, 2.75) is 30.9 Å². The van der Waals surface area contributed by atoms with Gasteiger partial charge in [-0.05, 0) is 24.3 Å². The largest absolute Gasteiger partial charge is 0.388 e. The number of nitrogens with zero attached hydrogens (tertiary/aromatic N) is 4. The highest BCUT2D eigenvalue weighted by Crippen LogP contribution is 2.21. The van der Waals surface area contributed by atoms with Crippen molar-refractivity contribution in [3.8, 4) is 0 Å². The van der Waals surface area contributed by atoms with Gasteiger partial charge in [0.1, 0.15) is 41.7 Å². The molecule has 11 nitrogen and oxygen atoms in total. The number of fused-ring (bicyclic) bond motifs is 2. The molecule has 1 amide bonds. The molecule has 32 heavy (non-hydrogen) atoms. The molecule has 3 aromatic heterocycles. The van der Waals surface area contributed by atoms with Gasteiger partial charge < -0.3 is 35.6 Å². The van der Waals surface area contributed by atoms with Gasteiger partial charge in [-0.25, -0.2) is 19.3 Å². The molecule has 5 rings (SSSR count). The van der Waals surface area contributed by atoms with Crippen LogP contribution >= 0.6 is 0 Å². The molecule has 1 aliphatic heterocycles. The maximum atomic E-state index is 13.4. The van der Waals surface area contributed by atoms with Crippen LogP contribution < -0.4 is 11.1 Å². The number of halogens is 1. The summed E-state index contributed by atoms with van der Waals surface area (Å²) in [4.78, 5) is 27.7. The minimum absolute atomic E-state index is 0.0206. The molecule has 0 aliphatic carbocycles. The molecule has 6 N–H and O–H groups in total. The van der Waals surface area contributed by atoms with E-state index in [4.69, 9.17) is 10.5 Å². The predicted octanol–water partition coefficient (Wildman–Crippen LogP) is -0.0519. The number of aliphatic hydroxyl groups is 2. The molecule has 4 heterocycles. The number of nitrogen functional groups attached to an aromatic ring is 1. The van der Waals surface area contributed by atoms with Crippen LogP contribution in [0.25, 0.3) is 22.1 Å². The molecule has 0 unspecified atom stereocenters. The van der Waals surface area contributed by atoms with Gasteiger partial charge in [-0.2, -0.15) is 0 Å². The first-order valence-electron chi connectivity index (χ1n) is 9.89.